The lowest BCUT2D eigenvalue weighted by Crippen LogP contribution is -2.12. The molecule has 0 saturated carbocycles. The summed E-state index contributed by atoms with van der Waals surface area (Å²) in [6.07, 6.45) is 1.76. The SMILES string of the molecule is COC(=O)Cc1csc(NC(=O)c2cc(Br)c[nH]2)n1. The van der Waals surface area contributed by atoms with E-state index < -0.39 is 0 Å². The van der Waals surface area contributed by atoms with Crippen molar-refractivity contribution in [3.8, 4) is 0 Å². The van der Waals surface area contributed by atoms with Crippen molar-refractivity contribution in [1.29, 1.82) is 0 Å². The van der Waals surface area contributed by atoms with Crippen LogP contribution in [0.4, 0.5) is 5.13 Å². The van der Waals surface area contributed by atoms with Gasteiger partial charge < -0.3 is 9.72 Å². The first-order chi connectivity index (χ1) is 9.08. The Kier molecular flexibility index (Phi) is 4.33. The number of hydrogen-bond donors (Lipinski definition) is 2. The van der Waals surface area contributed by atoms with Crippen molar-refractivity contribution >= 4 is 44.3 Å². The number of nitrogens with one attached hydrogen (secondary N) is 2. The largest absolute Gasteiger partial charge is 0.469 e. The van der Waals surface area contributed by atoms with Crippen molar-refractivity contribution < 1.29 is 14.3 Å². The number of nitrogens with zero attached hydrogens (tertiary/aromatic N) is 1. The first kappa shape index (κ1) is 13.8. The summed E-state index contributed by atoms with van der Waals surface area (Å²) >= 11 is 4.50. The number of aromatic nitrogens is 2. The summed E-state index contributed by atoms with van der Waals surface area (Å²) in [6.45, 7) is 0. The fraction of sp³-hybridized carbons (Fsp3) is 0.182. The smallest absolute Gasteiger partial charge is 0.311 e. The van der Waals surface area contributed by atoms with Crippen molar-refractivity contribution in [3.63, 3.8) is 0 Å². The van der Waals surface area contributed by atoms with Crippen molar-refractivity contribution in [1.82, 2.24) is 9.97 Å². The molecule has 0 aliphatic rings. The molecular weight excluding hydrogens is 334 g/mol. The Morgan fingerprint density at radius 1 is 1.58 bits per heavy atom. The predicted octanol–water partition coefficient (Wildman–Crippen LogP) is 2.20. The second-order valence-electron chi connectivity index (χ2n) is 3.58. The standard InChI is InChI=1S/C11H10BrN3O3S/c1-18-9(16)3-7-5-19-11(14-7)15-10(17)8-2-6(12)4-13-8/h2,4-5,13H,3H2,1H3,(H,14,15,17). The molecule has 2 aromatic rings. The van der Waals surface area contributed by atoms with E-state index in [0.717, 1.165) is 4.47 Å². The Bertz CT molecular complexity index is 608. The fourth-order valence-electron chi connectivity index (χ4n) is 1.33. The number of esters is 1. The lowest BCUT2D eigenvalue weighted by atomic mass is 10.3. The van der Waals surface area contributed by atoms with E-state index in [0.29, 0.717) is 16.5 Å². The van der Waals surface area contributed by atoms with Crippen LogP contribution in [0, 0.1) is 0 Å². The van der Waals surface area contributed by atoms with Gasteiger partial charge in [0.1, 0.15) is 5.69 Å². The van der Waals surface area contributed by atoms with E-state index in [1.54, 1.807) is 17.6 Å². The Hall–Kier alpha value is -1.67. The number of hydrogen-bond acceptors (Lipinski definition) is 5. The van der Waals surface area contributed by atoms with Crippen LogP contribution in [0.1, 0.15) is 16.2 Å². The number of anilines is 1. The van der Waals surface area contributed by atoms with Gasteiger partial charge in [0.2, 0.25) is 0 Å². The summed E-state index contributed by atoms with van der Waals surface area (Å²) in [6, 6.07) is 1.66. The molecule has 8 heteroatoms. The zero-order valence-corrected chi connectivity index (χ0v) is 12.3. The summed E-state index contributed by atoms with van der Waals surface area (Å²) in [4.78, 5) is 29.9. The number of carbonyl (C=O) groups is 2. The second-order valence-corrected chi connectivity index (χ2v) is 5.36. The van der Waals surface area contributed by atoms with Crippen LogP contribution in [0.2, 0.25) is 0 Å². The number of H-pyrrole nitrogens is 1. The molecular formula is C11H10BrN3O3S. The molecule has 0 fully saturated rings. The Labute approximate surface area is 121 Å². The van der Waals surface area contributed by atoms with Gasteiger partial charge in [0, 0.05) is 16.0 Å². The summed E-state index contributed by atoms with van der Waals surface area (Å²) in [7, 11) is 1.32. The molecule has 2 heterocycles. The minimum absolute atomic E-state index is 0.0942. The molecule has 6 nitrogen and oxygen atoms in total. The highest BCUT2D eigenvalue weighted by atomic mass is 79.9. The van der Waals surface area contributed by atoms with Crippen LogP contribution in [0.25, 0.3) is 0 Å². The number of aromatic amines is 1. The van der Waals surface area contributed by atoms with Gasteiger partial charge in [0.05, 0.1) is 19.2 Å². The topological polar surface area (TPSA) is 84.1 Å². The van der Waals surface area contributed by atoms with Crippen LogP contribution in [-0.2, 0) is 16.0 Å². The number of halogens is 1. The van der Waals surface area contributed by atoms with E-state index in [-0.39, 0.29) is 18.3 Å². The molecule has 0 atom stereocenters. The molecule has 0 saturated heterocycles. The zero-order valence-electron chi connectivity index (χ0n) is 9.90. The maximum atomic E-state index is 11.8. The third kappa shape index (κ3) is 3.65. The van der Waals surface area contributed by atoms with E-state index in [4.69, 9.17) is 0 Å². The van der Waals surface area contributed by atoms with Crippen molar-refractivity contribution in [2.45, 2.75) is 6.42 Å². The Morgan fingerprint density at radius 3 is 3.00 bits per heavy atom. The summed E-state index contributed by atoms with van der Waals surface area (Å²) in [5.41, 5.74) is 0.997. The molecule has 2 aromatic heterocycles. The molecule has 0 unspecified atom stereocenters. The van der Waals surface area contributed by atoms with Crippen molar-refractivity contribution in [2.24, 2.45) is 0 Å². The minimum atomic E-state index is -0.364. The third-order valence-electron chi connectivity index (χ3n) is 2.22. The molecule has 0 bridgehead atoms. The van der Waals surface area contributed by atoms with Gasteiger partial charge in [0.25, 0.3) is 5.91 Å². The molecule has 2 N–H and O–H groups in total. The van der Waals surface area contributed by atoms with Crippen LogP contribution in [0.5, 0.6) is 0 Å². The van der Waals surface area contributed by atoms with E-state index in [1.807, 2.05) is 0 Å². The quantitative estimate of drug-likeness (QED) is 0.833. The Morgan fingerprint density at radius 2 is 2.37 bits per heavy atom. The molecule has 0 aromatic carbocycles. The van der Waals surface area contributed by atoms with Gasteiger partial charge in [-0.3, -0.25) is 14.9 Å². The van der Waals surface area contributed by atoms with Crippen molar-refractivity contribution in [3.05, 3.63) is 33.5 Å². The number of amides is 1. The highest BCUT2D eigenvalue weighted by Gasteiger charge is 2.12. The third-order valence-corrected chi connectivity index (χ3v) is 3.48. The number of rotatable bonds is 4. The molecule has 100 valence electrons. The van der Waals surface area contributed by atoms with Gasteiger partial charge in [-0.25, -0.2) is 4.98 Å². The van der Waals surface area contributed by atoms with Crippen LogP contribution in [0.3, 0.4) is 0 Å². The maximum absolute atomic E-state index is 11.8. The van der Waals surface area contributed by atoms with E-state index >= 15 is 0 Å². The molecule has 1 amide bonds. The molecule has 2 rings (SSSR count). The van der Waals surface area contributed by atoms with Gasteiger partial charge in [0.15, 0.2) is 5.13 Å². The minimum Gasteiger partial charge on any atom is -0.469 e. The number of carbonyl (C=O) groups excluding carboxylic acids is 2. The highest BCUT2D eigenvalue weighted by Crippen LogP contribution is 2.18. The van der Waals surface area contributed by atoms with Crippen LogP contribution >= 0.6 is 27.3 Å². The fourth-order valence-corrected chi connectivity index (χ4v) is 2.38. The summed E-state index contributed by atoms with van der Waals surface area (Å²) < 4.78 is 5.34. The first-order valence-corrected chi connectivity index (χ1v) is 6.92. The summed E-state index contributed by atoms with van der Waals surface area (Å²) in [5, 5.41) is 4.79. The van der Waals surface area contributed by atoms with E-state index in [9.17, 15) is 9.59 Å². The molecule has 0 aliphatic heterocycles. The number of methoxy groups -OCH3 is 1. The number of thiazole rings is 1. The monoisotopic (exact) mass is 343 g/mol. The number of ether oxygens (including phenoxy) is 1. The molecule has 0 radical (unpaired) electrons. The molecule has 0 spiro atoms. The van der Waals surface area contributed by atoms with Crippen molar-refractivity contribution in [2.75, 3.05) is 12.4 Å². The highest BCUT2D eigenvalue weighted by molar-refractivity contribution is 9.10. The van der Waals surface area contributed by atoms with E-state index in [1.165, 1.54) is 18.4 Å². The zero-order chi connectivity index (χ0) is 13.8. The lowest BCUT2D eigenvalue weighted by Gasteiger charge is -1.98. The van der Waals surface area contributed by atoms with Crippen LogP contribution in [0.15, 0.2) is 22.1 Å². The van der Waals surface area contributed by atoms with Gasteiger partial charge in [-0.1, -0.05) is 0 Å². The predicted molar refractivity (Wildman–Crippen MR) is 74.3 cm³/mol. The van der Waals surface area contributed by atoms with E-state index in [2.05, 4.69) is 36.0 Å². The first-order valence-electron chi connectivity index (χ1n) is 5.25. The van der Waals surface area contributed by atoms with Gasteiger partial charge in [-0.15, -0.1) is 11.3 Å². The Balaban J connectivity index is 2.00. The molecule has 0 aliphatic carbocycles. The van der Waals surface area contributed by atoms with Gasteiger partial charge in [-0.2, -0.15) is 0 Å². The average molecular weight is 344 g/mol. The summed E-state index contributed by atoms with van der Waals surface area (Å²) in [5.74, 6) is -0.652. The molecule has 19 heavy (non-hydrogen) atoms. The maximum Gasteiger partial charge on any atom is 0.311 e. The van der Waals surface area contributed by atoms with Crippen LogP contribution in [-0.4, -0.2) is 29.0 Å². The lowest BCUT2D eigenvalue weighted by molar-refractivity contribution is -0.139. The average Bonchev–Trinajstić information content (AvgIpc) is 2.98. The van der Waals surface area contributed by atoms with Gasteiger partial charge in [-0.05, 0) is 22.0 Å². The second kappa shape index (κ2) is 5.98. The van der Waals surface area contributed by atoms with Crippen LogP contribution < -0.4 is 5.32 Å². The normalized spacial score (nSPS) is 10.2. The van der Waals surface area contributed by atoms with Gasteiger partial charge >= 0.3 is 5.97 Å².